The Morgan fingerprint density at radius 1 is 1.25 bits per heavy atom. The van der Waals surface area contributed by atoms with Gasteiger partial charge in [0.2, 0.25) is 10.7 Å². The van der Waals surface area contributed by atoms with E-state index in [1.807, 2.05) is 67.1 Å². The molecule has 6 nitrogen and oxygen atoms in total. The van der Waals surface area contributed by atoms with Crippen LogP contribution in [-0.2, 0) is 18.0 Å². The molecule has 0 aliphatic heterocycles. The number of rotatable bonds is 6. The van der Waals surface area contributed by atoms with Crippen LogP contribution in [0.2, 0.25) is 5.02 Å². The fourth-order valence-corrected chi connectivity index (χ4v) is 3.61. The van der Waals surface area contributed by atoms with Gasteiger partial charge in [-0.15, -0.1) is 0 Å². The van der Waals surface area contributed by atoms with Gasteiger partial charge in [0.25, 0.3) is 0 Å². The predicted octanol–water partition coefficient (Wildman–Crippen LogP) is 4.41. The number of nitrogens with one attached hydrogen (secondary N) is 1. The summed E-state index contributed by atoms with van der Waals surface area (Å²) in [6.45, 7) is 4.67. The number of carbonyl (C=O) groups is 1. The van der Waals surface area contributed by atoms with Crippen molar-refractivity contribution < 1.29 is 4.79 Å². The van der Waals surface area contributed by atoms with Gasteiger partial charge in [-0.05, 0) is 62.1 Å². The highest BCUT2D eigenvalue weighted by Crippen LogP contribution is 2.18. The van der Waals surface area contributed by atoms with E-state index in [0.717, 1.165) is 34.3 Å². The first-order valence-electron chi connectivity index (χ1n) is 8.81. The van der Waals surface area contributed by atoms with E-state index in [1.165, 1.54) is 6.92 Å². The van der Waals surface area contributed by atoms with Crippen molar-refractivity contribution >= 4 is 35.4 Å². The SMILES string of the molecule is CC(=O)Nc1cccc(-n2c(C)nn(CN(C)Cc3cccc(Cl)c3)c2=S)c1. The Kier molecular flexibility index (Phi) is 6.28. The van der Waals surface area contributed by atoms with Gasteiger partial charge in [-0.3, -0.25) is 14.3 Å². The lowest BCUT2D eigenvalue weighted by atomic mass is 10.2. The second-order valence-corrected chi connectivity index (χ2v) is 7.48. The van der Waals surface area contributed by atoms with Crippen LogP contribution in [-0.4, -0.2) is 32.2 Å². The monoisotopic (exact) mass is 415 g/mol. The molecule has 1 amide bonds. The molecular formula is C20H22ClN5OS. The number of anilines is 1. The van der Waals surface area contributed by atoms with Gasteiger partial charge in [0.05, 0.1) is 12.4 Å². The first-order valence-corrected chi connectivity index (χ1v) is 9.59. The molecule has 28 heavy (non-hydrogen) atoms. The number of carbonyl (C=O) groups excluding carboxylic acids is 1. The first-order chi connectivity index (χ1) is 13.3. The number of halogens is 1. The second-order valence-electron chi connectivity index (χ2n) is 6.68. The summed E-state index contributed by atoms with van der Waals surface area (Å²) in [7, 11) is 2.01. The van der Waals surface area contributed by atoms with Crippen LogP contribution in [0.25, 0.3) is 5.69 Å². The van der Waals surface area contributed by atoms with E-state index in [4.69, 9.17) is 23.8 Å². The summed E-state index contributed by atoms with van der Waals surface area (Å²) in [5, 5.41) is 8.11. The average molecular weight is 416 g/mol. The Morgan fingerprint density at radius 2 is 2.00 bits per heavy atom. The zero-order valence-electron chi connectivity index (χ0n) is 16.0. The summed E-state index contributed by atoms with van der Waals surface area (Å²) < 4.78 is 4.28. The quantitative estimate of drug-likeness (QED) is 0.606. The zero-order chi connectivity index (χ0) is 20.3. The molecule has 146 valence electrons. The lowest BCUT2D eigenvalue weighted by Gasteiger charge is -2.16. The molecular weight excluding hydrogens is 394 g/mol. The highest BCUT2D eigenvalue weighted by molar-refractivity contribution is 7.71. The fraction of sp³-hybridized carbons (Fsp3) is 0.250. The Bertz CT molecular complexity index is 1060. The Balaban J connectivity index is 1.82. The van der Waals surface area contributed by atoms with Crippen molar-refractivity contribution in [3.63, 3.8) is 0 Å². The van der Waals surface area contributed by atoms with Crippen LogP contribution in [0, 0.1) is 11.7 Å². The van der Waals surface area contributed by atoms with Crippen molar-refractivity contribution in [1.29, 1.82) is 0 Å². The predicted molar refractivity (Wildman–Crippen MR) is 114 cm³/mol. The number of amides is 1. The third-order valence-electron chi connectivity index (χ3n) is 4.14. The van der Waals surface area contributed by atoms with E-state index in [2.05, 4.69) is 15.3 Å². The van der Waals surface area contributed by atoms with Crippen LogP contribution in [0.3, 0.4) is 0 Å². The van der Waals surface area contributed by atoms with Gasteiger partial charge in [-0.25, -0.2) is 4.68 Å². The third kappa shape index (κ3) is 4.86. The van der Waals surface area contributed by atoms with Gasteiger partial charge in [0.15, 0.2) is 0 Å². The summed E-state index contributed by atoms with van der Waals surface area (Å²) in [5.41, 5.74) is 2.70. The minimum atomic E-state index is -0.115. The molecule has 0 aliphatic rings. The molecule has 0 aliphatic carbocycles. The maximum atomic E-state index is 11.3. The van der Waals surface area contributed by atoms with Crippen LogP contribution in [0.5, 0.6) is 0 Å². The van der Waals surface area contributed by atoms with Crippen molar-refractivity contribution in [3.05, 3.63) is 69.7 Å². The largest absolute Gasteiger partial charge is 0.326 e. The molecule has 0 saturated carbocycles. The van der Waals surface area contributed by atoms with Crippen molar-refractivity contribution in [2.45, 2.75) is 27.1 Å². The Hall–Kier alpha value is -2.48. The van der Waals surface area contributed by atoms with Gasteiger partial charge >= 0.3 is 0 Å². The van der Waals surface area contributed by atoms with E-state index < -0.39 is 0 Å². The molecule has 0 fully saturated rings. The average Bonchev–Trinajstić information content (AvgIpc) is 2.88. The van der Waals surface area contributed by atoms with Crippen LogP contribution < -0.4 is 5.32 Å². The van der Waals surface area contributed by atoms with Gasteiger partial charge in [-0.1, -0.05) is 29.8 Å². The topological polar surface area (TPSA) is 55.1 Å². The Labute approximate surface area is 174 Å². The lowest BCUT2D eigenvalue weighted by Crippen LogP contribution is -2.22. The molecule has 0 unspecified atom stereocenters. The minimum Gasteiger partial charge on any atom is -0.326 e. The van der Waals surface area contributed by atoms with Crippen LogP contribution in [0.1, 0.15) is 18.3 Å². The molecule has 8 heteroatoms. The molecule has 0 radical (unpaired) electrons. The highest BCUT2D eigenvalue weighted by atomic mass is 35.5. The number of aromatic nitrogens is 3. The molecule has 0 spiro atoms. The molecule has 0 atom stereocenters. The van der Waals surface area contributed by atoms with E-state index in [9.17, 15) is 4.79 Å². The molecule has 2 aromatic carbocycles. The van der Waals surface area contributed by atoms with Gasteiger partial charge in [0, 0.05) is 24.2 Å². The summed E-state index contributed by atoms with van der Waals surface area (Å²) in [6, 6.07) is 15.3. The molecule has 3 aromatic rings. The molecule has 1 heterocycles. The van der Waals surface area contributed by atoms with Crippen molar-refractivity contribution in [1.82, 2.24) is 19.2 Å². The van der Waals surface area contributed by atoms with Gasteiger partial charge in [0.1, 0.15) is 5.82 Å². The van der Waals surface area contributed by atoms with Crippen molar-refractivity contribution in [3.8, 4) is 5.69 Å². The molecule has 3 rings (SSSR count). The van der Waals surface area contributed by atoms with Crippen LogP contribution in [0.4, 0.5) is 5.69 Å². The highest BCUT2D eigenvalue weighted by Gasteiger charge is 2.12. The van der Waals surface area contributed by atoms with E-state index in [1.54, 1.807) is 4.68 Å². The Morgan fingerprint density at radius 3 is 2.71 bits per heavy atom. The van der Waals surface area contributed by atoms with E-state index >= 15 is 0 Å². The number of hydrogen-bond acceptors (Lipinski definition) is 4. The van der Waals surface area contributed by atoms with Crippen LogP contribution in [0.15, 0.2) is 48.5 Å². The third-order valence-corrected chi connectivity index (χ3v) is 4.77. The van der Waals surface area contributed by atoms with Gasteiger partial charge in [-0.2, -0.15) is 5.10 Å². The molecule has 1 N–H and O–H groups in total. The molecule has 0 bridgehead atoms. The second kappa shape index (κ2) is 8.68. The standard InChI is InChI=1S/C20H22ClN5OS/c1-14-23-25(13-24(3)12-16-6-4-7-17(21)10-16)20(28)26(14)19-9-5-8-18(11-19)22-15(2)27/h4-11H,12-13H2,1-3H3,(H,22,27). The summed E-state index contributed by atoms with van der Waals surface area (Å²) in [6.07, 6.45) is 0. The van der Waals surface area contributed by atoms with E-state index in [-0.39, 0.29) is 5.91 Å². The normalized spacial score (nSPS) is 11.0. The lowest BCUT2D eigenvalue weighted by molar-refractivity contribution is -0.114. The van der Waals surface area contributed by atoms with Gasteiger partial charge < -0.3 is 5.32 Å². The van der Waals surface area contributed by atoms with Crippen molar-refractivity contribution in [2.75, 3.05) is 12.4 Å². The maximum Gasteiger partial charge on any atom is 0.221 e. The van der Waals surface area contributed by atoms with Crippen molar-refractivity contribution in [2.24, 2.45) is 0 Å². The number of hydrogen-bond donors (Lipinski definition) is 1. The number of nitrogens with zero attached hydrogens (tertiary/aromatic N) is 4. The molecule has 0 saturated heterocycles. The smallest absolute Gasteiger partial charge is 0.221 e. The first kappa shape index (κ1) is 20.3. The van der Waals surface area contributed by atoms with E-state index in [0.29, 0.717) is 11.4 Å². The summed E-state index contributed by atoms with van der Waals surface area (Å²) >= 11 is 11.7. The number of aryl methyl sites for hydroxylation is 1. The maximum absolute atomic E-state index is 11.3. The summed E-state index contributed by atoms with van der Waals surface area (Å²) in [5.74, 6) is 0.664. The fourth-order valence-electron chi connectivity index (χ4n) is 3.06. The summed E-state index contributed by atoms with van der Waals surface area (Å²) in [4.78, 5) is 13.4. The number of benzene rings is 2. The zero-order valence-corrected chi connectivity index (χ0v) is 17.6. The molecule has 1 aromatic heterocycles. The van der Waals surface area contributed by atoms with Crippen LogP contribution >= 0.6 is 23.8 Å². The minimum absolute atomic E-state index is 0.115.